The van der Waals surface area contributed by atoms with Gasteiger partial charge in [-0.05, 0) is 31.1 Å². The molecule has 2 heterocycles. The summed E-state index contributed by atoms with van der Waals surface area (Å²) in [5, 5.41) is 10.1. The fraction of sp³-hybridized carbons (Fsp3) is 0.250. The Bertz CT molecular complexity index is 1610. The number of rotatable bonds is 7. The maximum absolute atomic E-state index is 15.1. The minimum atomic E-state index is -1.10. The molecule has 2 aromatic carbocycles. The fourth-order valence-corrected chi connectivity index (χ4v) is 5.69. The highest BCUT2D eigenvalue weighted by Gasteiger charge is 2.38. The molecule has 0 aliphatic carbocycles. The van der Waals surface area contributed by atoms with Crippen molar-refractivity contribution in [1.82, 2.24) is 9.47 Å². The number of carbonyl (C=O) groups excluding carboxylic acids is 1. The van der Waals surface area contributed by atoms with Crippen molar-refractivity contribution in [3.05, 3.63) is 96.4 Å². The standard InChI is InChI=1S/C28H26F2N4O2S/c1-3-13-33(14-4-2)27(36)24-23(18-10-6-8-12-21(18)30)19(16-31)25(32)34-26(35)22(37-28(24)34)15-17-9-5-7-11-20(17)29/h5-12,15,23H,3-4,13-14,32H2,1-2H3/b22-15+. The average molecular weight is 521 g/mol. The summed E-state index contributed by atoms with van der Waals surface area (Å²) >= 11 is 0.974. The molecule has 9 heteroatoms. The van der Waals surface area contributed by atoms with E-state index in [0.717, 1.165) is 15.9 Å². The van der Waals surface area contributed by atoms with Gasteiger partial charge in [0.2, 0.25) is 0 Å². The van der Waals surface area contributed by atoms with Gasteiger partial charge in [0.05, 0.1) is 27.7 Å². The van der Waals surface area contributed by atoms with Crippen molar-refractivity contribution in [3.63, 3.8) is 0 Å². The quantitative estimate of drug-likeness (QED) is 0.518. The highest BCUT2D eigenvalue weighted by Crippen LogP contribution is 2.38. The largest absolute Gasteiger partial charge is 0.384 e. The molecule has 0 bridgehead atoms. The molecule has 0 radical (unpaired) electrons. The summed E-state index contributed by atoms with van der Waals surface area (Å²) < 4.78 is 31.0. The van der Waals surface area contributed by atoms with Crippen LogP contribution in [0.15, 0.2) is 58.9 Å². The van der Waals surface area contributed by atoms with Crippen molar-refractivity contribution >= 4 is 34.7 Å². The summed E-state index contributed by atoms with van der Waals surface area (Å²) in [6, 6.07) is 13.9. The van der Waals surface area contributed by atoms with Gasteiger partial charge in [-0.2, -0.15) is 5.26 Å². The molecule has 1 unspecified atom stereocenters. The van der Waals surface area contributed by atoms with Crippen molar-refractivity contribution in [1.29, 1.82) is 5.26 Å². The molecule has 0 spiro atoms. The highest BCUT2D eigenvalue weighted by molar-refractivity contribution is 7.07. The summed E-state index contributed by atoms with van der Waals surface area (Å²) in [5.74, 6) is -2.78. The Labute approximate surface area is 216 Å². The molecular formula is C28H26F2N4O2S. The Hall–Kier alpha value is -4.03. The summed E-state index contributed by atoms with van der Waals surface area (Å²) in [4.78, 5) is 29.2. The zero-order valence-electron chi connectivity index (χ0n) is 20.5. The summed E-state index contributed by atoms with van der Waals surface area (Å²) in [6.07, 6.45) is 2.77. The molecule has 190 valence electrons. The Morgan fingerprint density at radius 3 is 2.32 bits per heavy atom. The number of allylic oxidation sites excluding steroid dienone is 1. The van der Waals surface area contributed by atoms with Crippen LogP contribution in [0.4, 0.5) is 8.78 Å². The fourth-order valence-electron chi connectivity index (χ4n) is 4.53. The molecule has 1 aromatic heterocycles. The zero-order chi connectivity index (χ0) is 26.7. The molecule has 1 aliphatic rings. The molecule has 1 aliphatic heterocycles. The topological polar surface area (TPSA) is 92.1 Å². The maximum atomic E-state index is 15.1. The SMILES string of the molecule is CCCN(CCC)C(=O)C1=c2s/c(=C/c3ccccc3F)c(=O)n2C(N)=C(C#N)C1c1ccccc1F. The van der Waals surface area contributed by atoms with Gasteiger partial charge in [-0.25, -0.2) is 8.78 Å². The van der Waals surface area contributed by atoms with Crippen LogP contribution in [0.3, 0.4) is 0 Å². The van der Waals surface area contributed by atoms with E-state index in [1.807, 2.05) is 19.9 Å². The van der Waals surface area contributed by atoms with Crippen molar-refractivity contribution in [2.75, 3.05) is 13.1 Å². The van der Waals surface area contributed by atoms with Crippen molar-refractivity contribution in [2.45, 2.75) is 32.6 Å². The van der Waals surface area contributed by atoms with Crippen LogP contribution < -0.4 is 20.5 Å². The van der Waals surface area contributed by atoms with Crippen LogP contribution in [0.25, 0.3) is 17.5 Å². The lowest BCUT2D eigenvalue weighted by molar-refractivity contribution is -0.125. The van der Waals surface area contributed by atoms with Gasteiger partial charge in [-0.3, -0.25) is 14.2 Å². The third-order valence-electron chi connectivity index (χ3n) is 6.18. The van der Waals surface area contributed by atoms with E-state index in [1.165, 1.54) is 36.4 Å². The lowest BCUT2D eigenvalue weighted by Gasteiger charge is -2.30. The number of nitrogens with two attached hydrogens (primary N) is 1. The van der Waals surface area contributed by atoms with Crippen LogP contribution in [0.5, 0.6) is 0 Å². The molecule has 3 aromatic rings. The average Bonchev–Trinajstić information content (AvgIpc) is 3.21. The van der Waals surface area contributed by atoms with E-state index in [2.05, 4.69) is 0 Å². The van der Waals surface area contributed by atoms with Crippen LogP contribution in [-0.4, -0.2) is 28.5 Å². The predicted octanol–water partition coefficient (Wildman–Crippen LogP) is 3.26. The summed E-state index contributed by atoms with van der Waals surface area (Å²) in [5.41, 5.74) is 6.09. The third kappa shape index (κ3) is 4.72. The molecule has 0 saturated carbocycles. The first-order chi connectivity index (χ1) is 17.8. The molecule has 37 heavy (non-hydrogen) atoms. The van der Waals surface area contributed by atoms with Gasteiger partial charge in [-0.1, -0.05) is 50.2 Å². The second kappa shape index (κ2) is 10.9. The van der Waals surface area contributed by atoms with E-state index >= 15 is 4.39 Å². The number of nitriles is 1. The molecule has 2 N–H and O–H groups in total. The summed E-state index contributed by atoms with van der Waals surface area (Å²) in [7, 11) is 0. The van der Waals surface area contributed by atoms with E-state index < -0.39 is 29.0 Å². The number of amides is 1. The number of nitrogens with zero attached hydrogens (tertiary/aromatic N) is 3. The van der Waals surface area contributed by atoms with Crippen molar-refractivity contribution in [2.24, 2.45) is 5.73 Å². The van der Waals surface area contributed by atoms with E-state index in [9.17, 15) is 19.2 Å². The number of fused-ring (bicyclic) bond motifs is 1. The summed E-state index contributed by atoms with van der Waals surface area (Å²) in [6.45, 7) is 4.78. The number of hydrogen-bond donors (Lipinski definition) is 1. The first-order valence-corrected chi connectivity index (χ1v) is 12.8. The van der Waals surface area contributed by atoms with E-state index in [1.54, 1.807) is 23.1 Å². The Morgan fingerprint density at radius 2 is 1.73 bits per heavy atom. The number of thiazole rings is 1. The van der Waals surface area contributed by atoms with Crippen LogP contribution in [0.2, 0.25) is 0 Å². The van der Waals surface area contributed by atoms with E-state index in [-0.39, 0.29) is 37.3 Å². The first kappa shape index (κ1) is 26.0. The molecular weight excluding hydrogens is 494 g/mol. The number of hydrogen-bond acceptors (Lipinski definition) is 5. The van der Waals surface area contributed by atoms with Crippen LogP contribution in [-0.2, 0) is 4.79 Å². The van der Waals surface area contributed by atoms with Gasteiger partial charge < -0.3 is 10.6 Å². The second-order valence-corrected chi connectivity index (χ2v) is 9.68. The smallest absolute Gasteiger partial charge is 0.274 e. The monoisotopic (exact) mass is 520 g/mol. The van der Waals surface area contributed by atoms with Crippen LogP contribution in [0.1, 0.15) is 43.7 Å². The third-order valence-corrected chi connectivity index (χ3v) is 7.29. The second-order valence-electron chi connectivity index (χ2n) is 8.65. The van der Waals surface area contributed by atoms with Gasteiger partial charge in [0, 0.05) is 24.2 Å². The lowest BCUT2D eigenvalue weighted by Crippen LogP contribution is -2.43. The molecule has 4 rings (SSSR count). The van der Waals surface area contributed by atoms with Gasteiger partial charge in [0.15, 0.2) is 0 Å². The van der Waals surface area contributed by atoms with Crippen LogP contribution in [0, 0.1) is 23.0 Å². The normalized spacial score (nSPS) is 15.5. The van der Waals surface area contributed by atoms with Crippen molar-refractivity contribution < 1.29 is 13.6 Å². The lowest BCUT2D eigenvalue weighted by atomic mass is 9.83. The zero-order valence-corrected chi connectivity index (χ0v) is 21.3. The van der Waals surface area contributed by atoms with E-state index in [0.29, 0.717) is 25.9 Å². The number of halogens is 2. The first-order valence-electron chi connectivity index (χ1n) is 12.0. The number of carbonyl (C=O) groups is 1. The van der Waals surface area contributed by atoms with Crippen molar-refractivity contribution in [3.8, 4) is 6.07 Å². The Balaban J connectivity index is 2.13. The number of benzene rings is 2. The molecule has 6 nitrogen and oxygen atoms in total. The Morgan fingerprint density at radius 1 is 1.11 bits per heavy atom. The molecule has 1 amide bonds. The Kier molecular flexibility index (Phi) is 7.69. The van der Waals surface area contributed by atoms with E-state index in [4.69, 9.17) is 5.73 Å². The minimum absolute atomic E-state index is 0.0914. The van der Waals surface area contributed by atoms with Gasteiger partial charge in [0.25, 0.3) is 11.5 Å². The molecule has 1 atom stereocenters. The van der Waals surface area contributed by atoms with Gasteiger partial charge in [0.1, 0.15) is 22.1 Å². The maximum Gasteiger partial charge on any atom is 0.274 e. The van der Waals surface area contributed by atoms with Gasteiger partial charge >= 0.3 is 0 Å². The predicted molar refractivity (Wildman–Crippen MR) is 141 cm³/mol. The molecule has 0 fully saturated rings. The van der Waals surface area contributed by atoms with Gasteiger partial charge in [-0.15, -0.1) is 11.3 Å². The highest BCUT2D eigenvalue weighted by atomic mass is 32.1. The molecule has 0 saturated heterocycles. The number of aromatic nitrogens is 1. The minimum Gasteiger partial charge on any atom is -0.384 e. The van der Waals surface area contributed by atoms with Crippen LogP contribution >= 0.6 is 11.3 Å².